The van der Waals surface area contributed by atoms with Gasteiger partial charge in [-0.1, -0.05) is 25.8 Å². The fourth-order valence-electron chi connectivity index (χ4n) is 5.81. The summed E-state index contributed by atoms with van der Waals surface area (Å²) in [6.45, 7) is 9.69. The quantitative estimate of drug-likeness (QED) is 0.645. The molecule has 0 saturated heterocycles. The van der Waals surface area contributed by atoms with Gasteiger partial charge >= 0.3 is 0 Å². The summed E-state index contributed by atoms with van der Waals surface area (Å²) in [5.41, 5.74) is 6.18. The molecular formula is C26H34N2O3S. The van der Waals surface area contributed by atoms with Crippen LogP contribution >= 0.6 is 0 Å². The van der Waals surface area contributed by atoms with Crippen molar-refractivity contribution in [1.82, 2.24) is 4.57 Å². The van der Waals surface area contributed by atoms with Crippen molar-refractivity contribution < 1.29 is 13.2 Å². The van der Waals surface area contributed by atoms with E-state index < -0.39 is 10.0 Å². The molecule has 1 spiro atoms. The number of hydrogen-bond donors (Lipinski definition) is 1. The van der Waals surface area contributed by atoms with Crippen LogP contribution in [0.1, 0.15) is 75.1 Å². The van der Waals surface area contributed by atoms with Crippen molar-refractivity contribution in [2.75, 3.05) is 6.61 Å². The van der Waals surface area contributed by atoms with Crippen LogP contribution in [0.25, 0.3) is 16.8 Å². The first-order valence-corrected chi connectivity index (χ1v) is 13.4. The second-order valence-electron chi connectivity index (χ2n) is 10.2. The summed E-state index contributed by atoms with van der Waals surface area (Å²) in [6, 6.07) is 6.15. The van der Waals surface area contributed by atoms with Gasteiger partial charge in [-0.15, -0.1) is 0 Å². The van der Waals surface area contributed by atoms with Crippen LogP contribution in [0.4, 0.5) is 0 Å². The fourth-order valence-corrected chi connectivity index (χ4v) is 6.60. The monoisotopic (exact) mass is 454 g/mol. The summed E-state index contributed by atoms with van der Waals surface area (Å²) in [5.74, 6) is 1.54. The number of fused-ring (bicyclic) bond motifs is 2. The van der Waals surface area contributed by atoms with Gasteiger partial charge in [0.2, 0.25) is 10.0 Å². The number of rotatable bonds is 5. The molecule has 172 valence electrons. The third-order valence-corrected chi connectivity index (χ3v) is 8.91. The molecule has 0 amide bonds. The van der Waals surface area contributed by atoms with E-state index in [2.05, 4.69) is 23.3 Å². The maximum atomic E-state index is 12.4. The molecule has 5 rings (SSSR count). The van der Waals surface area contributed by atoms with E-state index in [1.54, 1.807) is 6.07 Å². The summed E-state index contributed by atoms with van der Waals surface area (Å²) in [4.78, 5) is 0.232. The Balaban J connectivity index is 1.69. The SMILES string of the molecule is C=C(C)c1cc(-c2cc(S(N)(=O)=O)c(C)n2CC2CCCCC2)cc2c1OCCC21CC1. The van der Waals surface area contributed by atoms with E-state index >= 15 is 0 Å². The number of hydrogen-bond acceptors (Lipinski definition) is 3. The highest BCUT2D eigenvalue weighted by Gasteiger charge is 2.48. The minimum absolute atomic E-state index is 0.215. The van der Waals surface area contributed by atoms with Crippen molar-refractivity contribution >= 4 is 15.6 Å². The predicted octanol–water partition coefficient (Wildman–Crippen LogP) is 5.54. The number of sulfonamides is 1. The lowest BCUT2D eigenvalue weighted by Gasteiger charge is -2.29. The summed E-state index contributed by atoms with van der Waals surface area (Å²) in [7, 11) is -3.80. The summed E-state index contributed by atoms with van der Waals surface area (Å²) < 4.78 is 33.1. The van der Waals surface area contributed by atoms with Crippen molar-refractivity contribution in [2.45, 2.75) is 82.1 Å². The Hall–Kier alpha value is -2.05. The van der Waals surface area contributed by atoms with Crippen LogP contribution < -0.4 is 9.88 Å². The van der Waals surface area contributed by atoms with Crippen molar-refractivity contribution in [2.24, 2.45) is 11.1 Å². The van der Waals surface area contributed by atoms with Gasteiger partial charge in [0.25, 0.3) is 0 Å². The fraction of sp³-hybridized carbons (Fsp3) is 0.538. The van der Waals surface area contributed by atoms with Crippen molar-refractivity contribution in [3.8, 4) is 17.0 Å². The van der Waals surface area contributed by atoms with E-state index in [1.165, 1.54) is 50.5 Å². The number of primary sulfonamides is 1. The van der Waals surface area contributed by atoms with E-state index in [-0.39, 0.29) is 10.3 Å². The maximum absolute atomic E-state index is 12.4. The van der Waals surface area contributed by atoms with Gasteiger partial charge in [-0.2, -0.15) is 0 Å². The minimum atomic E-state index is -3.80. The molecule has 2 saturated carbocycles. The largest absolute Gasteiger partial charge is 0.493 e. The van der Waals surface area contributed by atoms with Crippen LogP contribution in [0.2, 0.25) is 0 Å². The average molecular weight is 455 g/mol. The van der Waals surface area contributed by atoms with Gasteiger partial charge in [0.05, 0.1) is 6.61 Å². The van der Waals surface area contributed by atoms with E-state index in [9.17, 15) is 8.42 Å². The van der Waals surface area contributed by atoms with Gasteiger partial charge in [-0.05, 0) is 81.2 Å². The molecule has 2 fully saturated rings. The summed E-state index contributed by atoms with van der Waals surface area (Å²) in [5, 5.41) is 5.62. The molecule has 1 aromatic heterocycles. The van der Waals surface area contributed by atoms with Gasteiger partial charge < -0.3 is 9.30 Å². The third kappa shape index (κ3) is 3.71. The van der Waals surface area contributed by atoms with Crippen LogP contribution in [0, 0.1) is 12.8 Å². The van der Waals surface area contributed by atoms with E-state index in [1.807, 2.05) is 13.8 Å². The van der Waals surface area contributed by atoms with Gasteiger partial charge in [0, 0.05) is 34.5 Å². The predicted molar refractivity (Wildman–Crippen MR) is 128 cm³/mol. The Labute approximate surface area is 191 Å². The second kappa shape index (κ2) is 7.77. The molecule has 0 unspecified atom stereocenters. The van der Waals surface area contributed by atoms with E-state index in [4.69, 9.17) is 9.88 Å². The first kappa shape index (κ1) is 21.8. The molecule has 1 aromatic carbocycles. The van der Waals surface area contributed by atoms with Gasteiger partial charge in [-0.25, -0.2) is 13.6 Å². The Morgan fingerprint density at radius 2 is 1.91 bits per heavy atom. The van der Waals surface area contributed by atoms with Crippen LogP contribution in [-0.2, 0) is 22.0 Å². The average Bonchev–Trinajstić information content (AvgIpc) is 3.44. The van der Waals surface area contributed by atoms with Gasteiger partial charge in [0.1, 0.15) is 10.6 Å². The lowest BCUT2D eigenvalue weighted by molar-refractivity contribution is 0.260. The highest BCUT2D eigenvalue weighted by Crippen LogP contribution is 2.58. The second-order valence-corrected chi connectivity index (χ2v) is 11.7. The number of nitrogens with two attached hydrogens (primary N) is 1. The third-order valence-electron chi connectivity index (χ3n) is 7.89. The highest BCUT2D eigenvalue weighted by atomic mass is 32.2. The molecular weight excluding hydrogens is 420 g/mol. The van der Waals surface area contributed by atoms with Gasteiger partial charge in [0.15, 0.2) is 0 Å². The van der Waals surface area contributed by atoms with Crippen LogP contribution in [-0.4, -0.2) is 19.6 Å². The van der Waals surface area contributed by atoms with Crippen molar-refractivity contribution in [3.05, 3.63) is 41.6 Å². The first-order valence-electron chi connectivity index (χ1n) is 11.9. The molecule has 2 N–H and O–H groups in total. The number of nitrogens with zero attached hydrogens (tertiary/aromatic N) is 1. The molecule has 3 aliphatic rings. The number of allylic oxidation sites excluding steroid dienone is 1. The number of benzene rings is 1. The van der Waals surface area contributed by atoms with E-state index in [0.717, 1.165) is 53.4 Å². The minimum Gasteiger partial charge on any atom is -0.493 e. The molecule has 2 aromatic rings. The Morgan fingerprint density at radius 1 is 1.19 bits per heavy atom. The summed E-state index contributed by atoms with van der Waals surface area (Å²) in [6.07, 6.45) is 9.61. The maximum Gasteiger partial charge on any atom is 0.239 e. The molecule has 0 atom stereocenters. The van der Waals surface area contributed by atoms with Crippen LogP contribution in [0.5, 0.6) is 5.75 Å². The molecule has 0 bridgehead atoms. The molecule has 2 heterocycles. The van der Waals surface area contributed by atoms with E-state index in [0.29, 0.717) is 5.92 Å². The van der Waals surface area contributed by atoms with Crippen molar-refractivity contribution in [1.29, 1.82) is 0 Å². The highest BCUT2D eigenvalue weighted by molar-refractivity contribution is 7.89. The molecule has 2 aliphatic carbocycles. The summed E-state index contributed by atoms with van der Waals surface area (Å²) >= 11 is 0. The molecule has 5 nitrogen and oxygen atoms in total. The Kier molecular flexibility index (Phi) is 5.29. The smallest absolute Gasteiger partial charge is 0.239 e. The molecule has 32 heavy (non-hydrogen) atoms. The van der Waals surface area contributed by atoms with Gasteiger partial charge in [-0.3, -0.25) is 0 Å². The van der Waals surface area contributed by atoms with Crippen LogP contribution in [0.15, 0.2) is 29.7 Å². The topological polar surface area (TPSA) is 74.3 Å². The Bertz CT molecular complexity index is 1180. The van der Waals surface area contributed by atoms with Crippen LogP contribution in [0.3, 0.4) is 0 Å². The standard InChI is InChI=1S/C26H34N2O3S/c1-17(2)21-13-20(14-22-25(21)31-12-11-26(22)9-10-26)23-15-24(32(27,29)30)18(3)28(23)16-19-7-5-4-6-8-19/h13-15,19H,1,4-12,16H2,2-3H3,(H2,27,29,30). The zero-order chi connectivity index (χ0) is 22.7. The zero-order valence-corrected chi connectivity index (χ0v) is 20.1. The molecule has 0 radical (unpaired) electrons. The lowest BCUT2D eigenvalue weighted by atomic mass is 9.85. The number of aromatic nitrogens is 1. The molecule has 1 aliphatic heterocycles. The Morgan fingerprint density at radius 3 is 2.53 bits per heavy atom. The lowest BCUT2D eigenvalue weighted by Crippen LogP contribution is -2.21. The number of ether oxygens (including phenoxy) is 1. The normalized spacial score (nSPS) is 20.1. The first-order chi connectivity index (χ1) is 15.2. The zero-order valence-electron chi connectivity index (χ0n) is 19.2. The molecule has 6 heteroatoms. The van der Waals surface area contributed by atoms with Crippen molar-refractivity contribution in [3.63, 3.8) is 0 Å².